The Labute approximate surface area is 162 Å². The van der Waals surface area contributed by atoms with Gasteiger partial charge in [-0.1, -0.05) is 66.9 Å². The highest BCUT2D eigenvalue weighted by Gasteiger charge is 2.15. The van der Waals surface area contributed by atoms with Gasteiger partial charge < -0.3 is 10.6 Å². The molecular weight excluding hydrogens is 340 g/mol. The van der Waals surface area contributed by atoms with Crippen LogP contribution in [-0.4, -0.2) is 6.04 Å². The zero-order chi connectivity index (χ0) is 18.7. The highest BCUT2D eigenvalue weighted by molar-refractivity contribution is 6.36. The molecule has 0 radical (unpaired) electrons. The molecule has 26 heavy (non-hydrogen) atoms. The minimum atomic E-state index is 0.269. The average Bonchev–Trinajstić information content (AvgIpc) is 2.62. The van der Waals surface area contributed by atoms with Crippen molar-refractivity contribution in [3.05, 3.63) is 76.3 Å². The van der Waals surface area contributed by atoms with Crippen LogP contribution in [0.5, 0.6) is 0 Å². The normalized spacial score (nSPS) is 16.5. The van der Waals surface area contributed by atoms with Crippen molar-refractivity contribution in [2.75, 3.05) is 10.6 Å². The largest absolute Gasteiger partial charge is 0.377 e. The molecule has 0 amide bonds. The van der Waals surface area contributed by atoms with Gasteiger partial charge in [-0.2, -0.15) is 0 Å². The Morgan fingerprint density at radius 2 is 1.73 bits per heavy atom. The highest BCUT2D eigenvalue weighted by Crippen LogP contribution is 2.37. The molecule has 1 aliphatic carbocycles. The topological polar surface area (TPSA) is 24.1 Å². The first-order chi connectivity index (χ1) is 12.4. The van der Waals surface area contributed by atoms with Gasteiger partial charge in [0.2, 0.25) is 0 Å². The number of allylic oxidation sites excluding steroid dienone is 2. The summed E-state index contributed by atoms with van der Waals surface area (Å²) in [7, 11) is 0. The van der Waals surface area contributed by atoms with Crippen LogP contribution >= 0.6 is 11.6 Å². The molecule has 136 valence electrons. The molecule has 0 bridgehead atoms. The summed E-state index contributed by atoms with van der Waals surface area (Å²) in [6, 6.07) is 13.0. The van der Waals surface area contributed by atoms with E-state index in [1.165, 1.54) is 16.7 Å². The predicted molar refractivity (Wildman–Crippen MR) is 115 cm³/mol. The van der Waals surface area contributed by atoms with E-state index in [2.05, 4.69) is 93.0 Å². The Morgan fingerprint density at radius 1 is 1.04 bits per heavy atom. The van der Waals surface area contributed by atoms with Crippen LogP contribution in [0.25, 0.3) is 0 Å². The van der Waals surface area contributed by atoms with Gasteiger partial charge in [-0.05, 0) is 56.0 Å². The highest BCUT2D eigenvalue weighted by atomic mass is 35.5. The number of benzene rings is 2. The summed E-state index contributed by atoms with van der Waals surface area (Å²) >= 11 is 6.75. The van der Waals surface area contributed by atoms with Crippen molar-refractivity contribution in [3.8, 4) is 0 Å². The van der Waals surface area contributed by atoms with Gasteiger partial charge in [-0.3, -0.25) is 0 Å². The molecule has 0 fully saturated rings. The summed E-state index contributed by atoms with van der Waals surface area (Å²) in [5.74, 6) is 0.426. The van der Waals surface area contributed by atoms with E-state index < -0.39 is 0 Å². The smallest absolute Gasteiger partial charge is 0.0872 e. The monoisotopic (exact) mass is 366 g/mol. The zero-order valence-corrected chi connectivity index (χ0v) is 16.7. The second-order valence-electron chi connectivity index (χ2n) is 7.37. The lowest BCUT2D eigenvalue weighted by Crippen LogP contribution is -2.18. The summed E-state index contributed by atoms with van der Waals surface area (Å²) in [5.41, 5.74) is 6.78. The number of halogens is 1. The zero-order valence-electron chi connectivity index (χ0n) is 15.9. The summed E-state index contributed by atoms with van der Waals surface area (Å²) in [4.78, 5) is 0. The van der Waals surface area contributed by atoms with Crippen LogP contribution < -0.4 is 10.6 Å². The lowest BCUT2D eigenvalue weighted by atomic mass is 10.00. The third-order valence-electron chi connectivity index (χ3n) is 4.72. The Bertz CT molecular complexity index is 832. The van der Waals surface area contributed by atoms with Gasteiger partial charge in [0.15, 0.2) is 0 Å². The van der Waals surface area contributed by atoms with Crippen molar-refractivity contribution in [1.29, 1.82) is 0 Å². The molecule has 1 atom stereocenters. The molecule has 0 heterocycles. The van der Waals surface area contributed by atoms with Crippen molar-refractivity contribution in [3.63, 3.8) is 0 Å². The van der Waals surface area contributed by atoms with Crippen LogP contribution in [0.15, 0.2) is 60.2 Å². The van der Waals surface area contributed by atoms with E-state index in [9.17, 15) is 0 Å². The van der Waals surface area contributed by atoms with Crippen LogP contribution in [-0.2, 0) is 0 Å². The maximum absolute atomic E-state index is 6.75. The number of hydrogen-bond donors (Lipinski definition) is 2. The van der Waals surface area contributed by atoms with Gasteiger partial charge in [-0.25, -0.2) is 0 Å². The molecule has 2 N–H and O–H groups in total. The van der Waals surface area contributed by atoms with E-state index in [0.29, 0.717) is 5.92 Å². The lowest BCUT2D eigenvalue weighted by molar-refractivity contribution is 0.857. The van der Waals surface area contributed by atoms with E-state index in [1.54, 1.807) is 0 Å². The van der Waals surface area contributed by atoms with Gasteiger partial charge in [0.1, 0.15) is 0 Å². The standard InChI is InChI=1S/C23H27ClN2/c1-15(2)18-13-21(25-19-9-5-16(3)6-10-19)23(24)22(14-18)26-20-11-7-17(4)8-12-20/h5-11,13-15,20,25-26H,12H2,1-4H3. The second-order valence-corrected chi connectivity index (χ2v) is 7.75. The van der Waals surface area contributed by atoms with Gasteiger partial charge in [0.05, 0.1) is 16.4 Å². The molecule has 1 unspecified atom stereocenters. The molecule has 0 saturated carbocycles. The van der Waals surface area contributed by atoms with E-state index in [1.807, 2.05) is 0 Å². The first kappa shape index (κ1) is 18.6. The molecule has 0 saturated heterocycles. The first-order valence-corrected chi connectivity index (χ1v) is 9.59. The van der Waals surface area contributed by atoms with E-state index >= 15 is 0 Å². The molecule has 0 aromatic heterocycles. The Kier molecular flexibility index (Phi) is 5.73. The van der Waals surface area contributed by atoms with Gasteiger partial charge >= 0.3 is 0 Å². The number of rotatable bonds is 5. The third-order valence-corrected chi connectivity index (χ3v) is 5.13. The minimum Gasteiger partial charge on any atom is -0.377 e. The predicted octanol–water partition coefficient (Wildman–Crippen LogP) is 7.20. The molecule has 0 aliphatic heterocycles. The minimum absolute atomic E-state index is 0.269. The summed E-state index contributed by atoms with van der Waals surface area (Å²) in [6.45, 7) is 8.62. The number of aryl methyl sites for hydroxylation is 1. The van der Waals surface area contributed by atoms with Gasteiger partial charge in [-0.15, -0.1) is 0 Å². The SMILES string of the molecule is CC1=CCC(Nc2cc(C(C)C)cc(Nc3ccc(C)cc3)c2Cl)C=C1. The third kappa shape index (κ3) is 4.50. The number of anilines is 3. The Balaban J connectivity index is 1.90. The maximum atomic E-state index is 6.75. The molecule has 2 nitrogen and oxygen atoms in total. The molecule has 3 heteroatoms. The van der Waals surface area contributed by atoms with E-state index in [4.69, 9.17) is 11.6 Å². The average molecular weight is 367 g/mol. The molecule has 3 rings (SSSR count). The lowest BCUT2D eigenvalue weighted by Gasteiger charge is -2.22. The summed E-state index contributed by atoms with van der Waals surface area (Å²) in [5, 5.41) is 7.81. The maximum Gasteiger partial charge on any atom is 0.0872 e. The molecule has 0 spiro atoms. The van der Waals surface area contributed by atoms with Gasteiger partial charge in [0.25, 0.3) is 0 Å². The van der Waals surface area contributed by atoms with Gasteiger partial charge in [0, 0.05) is 11.7 Å². The van der Waals surface area contributed by atoms with Crippen molar-refractivity contribution in [2.24, 2.45) is 0 Å². The Morgan fingerprint density at radius 3 is 2.35 bits per heavy atom. The summed E-state index contributed by atoms with van der Waals surface area (Å²) in [6.07, 6.45) is 7.60. The fourth-order valence-corrected chi connectivity index (χ4v) is 3.21. The molecular formula is C23H27ClN2. The van der Waals surface area contributed by atoms with Crippen LogP contribution in [0.4, 0.5) is 17.1 Å². The quantitative estimate of drug-likeness (QED) is 0.584. The summed E-state index contributed by atoms with van der Waals surface area (Å²) < 4.78 is 0. The molecule has 2 aromatic carbocycles. The van der Waals surface area contributed by atoms with Crippen molar-refractivity contribution in [2.45, 2.75) is 46.1 Å². The van der Waals surface area contributed by atoms with Crippen LogP contribution in [0.1, 0.15) is 44.2 Å². The Hall–Kier alpha value is -2.19. The fourth-order valence-electron chi connectivity index (χ4n) is 3.00. The van der Waals surface area contributed by atoms with Crippen molar-refractivity contribution >= 4 is 28.7 Å². The molecule has 1 aliphatic rings. The van der Waals surface area contributed by atoms with E-state index in [0.717, 1.165) is 28.5 Å². The first-order valence-electron chi connectivity index (χ1n) is 9.21. The van der Waals surface area contributed by atoms with Crippen LogP contribution in [0.3, 0.4) is 0 Å². The molecule has 2 aromatic rings. The van der Waals surface area contributed by atoms with Crippen LogP contribution in [0.2, 0.25) is 5.02 Å². The number of hydrogen-bond acceptors (Lipinski definition) is 2. The number of nitrogens with one attached hydrogen (secondary N) is 2. The second kappa shape index (κ2) is 8.01. The van der Waals surface area contributed by atoms with E-state index in [-0.39, 0.29) is 6.04 Å². The van der Waals surface area contributed by atoms with Crippen molar-refractivity contribution < 1.29 is 0 Å². The van der Waals surface area contributed by atoms with Crippen LogP contribution in [0, 0.1) is 6.92 Å². The van der Waals surface area contributed by atoms with Crippen molar-refractivity contribution in [1.82, 2.24) is 0 Å². The fraction of sp³-hybridized carbons (Fsp3) is 0.304.